The van der Waals surface area contributed by atoms with E-state index in [0.29, 0.717) is 21.4 Å². The first-order valence-corrected chi connectivity index (χ1v) is 8.06. The number of amides is 2. The molecule has 0 radical (unpaired) electrons. The van der Waals surface area contributed by atoms with Crippen molar-refractivity contribution in [1.29, 1.82) is 0 Å². The summed E-state index contributed by atoms with van der Waals surface area (Å²) in [7, 11) is 0. The van der Waals surface area contributed by atoms with Gasteiger partial charge in [0, 0.05) is 10.7 Å². The van der Waals surface area contributed by atoms with Gasteiger partial charge in [0.25, 0.3) is 0 Å². The molecular weight excluding hydrogens is 343 g/mol. The van der Waals surface area contributed by atoms with Crippen molar-refractivity contribution in [3.05, 3.63) is 82.8 Å². The maximum atomic E-state index is 12.1. The Labute approximate surface area is 150 Å². The van der Waals surface area contributed by atoms with E-state index < -0.39 is 0 Å². The molecule has 2 N–H and O–H groups in total. The molecule has 2 amide bonds. The normalized spacial score (nSPS) is 10.2. The van der Waals surface area contributed by atoms with Gasteiger partial charge in [-0.2, -0.15) is 0 Å². The fraction of sp³-hybridized carbons (Fsp3) is 0. The van der Waals surface area contributed by atoms with E-state index in [2.05, 4.69) is 10.6 Å². The van der Waals surface area contributed by atoms with Gasteiger partial charge in [0.15, 0.2) is 0 Å². The number of carbonyl (C=O) groups excluding carboxylic acids is 1. The average molecular weight is 357 g/mol. The Bertz CT molecular complexity index is 849. The molecule has 0 fully saturated rings. The van der Waals surface area contributed by atoms with E-state index in [1.807, 2.05) is 54.6 Å². The third kappa shape index (κ3) is 4.07. The van der Waals surface area contributed by atoms with Crippen molar-refractivity contribution in [1.82, 2.24) is 0 Å². The number of halogens is 2. The minimum Gasteiger partial charge on any atom is -0.308 e. The molecule has 0 aliphatic carbocycles. The Hall–Kier alpha value is -2.49. The molecule has 3 rings (SSSR count). The van der Waals surface area contributed by atoms with Crippen LogP contribution in [-0.4, -0.2) is 6.03 Å². The quantitative estimate of drug-likeness (QED) is 0.567. The first-order valence-electron chi connectivity index (χ1n) is 7.30. The molecule has 0 aliphatic rings. The molecule has 0 unspecified atom stereocenters. The molecule has 0 saturated heterocycles. The van der Waals surface area contributed by atoms with Crippen LogP contribution in [0.2, 0.25) is 10.0 Å². The second kappa shape index (κ2) is 7.39. The summed E-state index contributed by atoms with van der Waals surface area (Å²) in [6, 6.07) is 22.2. The molecule has 3 nitrogen and oxygen atoms in total. The highest BCUT2D eigenvalue weighted by atomic mass is 35.5. The number of benzene rings is 3. The maximum absolute atomic E-state index is 12.1. The van der Waals surface area contributed by atoms with Gasteiger partial charge >= 0.3 is 6.03 Å². The van der Waals surface area contributed by atoms with Crippen molar-refractivity contribution in [3.8, 4) is 11.1 Å². The van der Waals surface area contributed by atoms with Gasteiger partial charge in [0.2, 0.25) is 0 Å². The van der Waals surface area contributed by atoms with Gasteiger partial charge in [0.1, 0.15) is 0 Å². The van der Waals surface area contributed by atoms with Crippen LogP contribution in [0.3, 0.4) is 0 Å². The molecule has 0 aliphatic heterocycles. The summed E-state index contributed by atoms with van der Waals surface area (Å²) in [5.74, 6) is 0. The van der Waals surface area contributed by atoms with Crippen LogP contribution in [0, 0.1) is 0 Å². The Morgan fingerprint density at radius 3 is 2.08 bits per heavy atom. The summed E-state index contributed by atoms with van der Waals surface area (Å²) >= 11 is 11.9. The SMILES string of the molecule is O=C(Nc1ccc(-c2ccccc2)cc1)Nc1ccc(Cl)cc1Cl. The zero-order chi connectivity index (χ0) is 16.9. The van der Waals surface area contributed by atoms with Crippen LogP contribution in [0.4, 0.5) is 16.2 Å². The Morgan fingerprint density at radius 1 is 0.750 bits per heavy atom. The van der Waals surface area contributed by atoms with E-state index in [9.17, 15) is 4.79 Å². The highest BCUT2D eigenvalue weighted by Crippen LogP contribution is 2.26. The molecule has 0 saturated carbocycles. The second-order valence-electron chi connectivity index (χ2n) is 5.15. The van der Waals surface area contributed by atoms with Gasteiger partial charge in [-0.05, 0) is 41.5 Å². The summed E-state index contributed by atoms with van der Waals surface area (Å²) in [5, 5.41) is 6.36. The number of nitrogens with one attached hydrogen (secondary N) is 2. The highest BCUT2D eigenvalue weighted by Gasteiger charge is 2.07. The monoisotopic (exact) mass is 356 g/mol. The van der Waals surface area contributed by atoms with Crippen LogP contribution in [-0.2, 0) is 0 Å². The maximum Gasteiger partial charge on any atom is 0.323 e. The lowest BCUT2D eigenvalue weighted by atomic mass is 10.1. The van der Waals surface area contributed by atoms with Crippen molar-refractivity contribution in [2.75, 3.05) is 10.6 Å². The number of anilines is 2. The number of urea groups is 1. The van der Waals surface area contributed by atoms with Crippen molar-refractivity contribution in [3.63, 3.8) is 0 Å². The number of carbonyl (C=O) groups is 1. The third-order valence-electron chi connectivity index (χ3n) is 3.43. The van der Waals surface area contributed by atoms with Crippen molar-refractivity contribution in [2.24, 2.45) is 0 Å². The van der Waals surface area contributed by atoms with Gasteiger partial charge < -0.3 is 10.6 Å². The Kier molecular flexibility index (Phi) is 5.04. The summed E-state index contributed by atoms with van der Waals surface area (Å²) in [6.07, 6.45) is 0. The van der Waals surface area contributed by atoms with E-state index in [1.54, 1.807) is 18.2 Å². The van der Waals surface area contributed by atoms with Gasteiger partial charge in [-0.3, -0.25) is 0 Å². The zero-order valence-electron chi connectivity index (χ0n) is 12.6. The molecule has 3 aromatic rings. The lowest BCUT2D eigenvalue weighted by molar-refractivity contribution is 0.262. The van der Waals surface area contributed by atoms with Gasteiger partial charge in [-0.1, -0.05) is 65.7 Å². The summed E-state index contributed by atoms with van der Waals surface area (Å²) < 4.78 is 0. The molecule has 0 aromatic heterocycles. The van der Waals surface area contributed by atoms with E-state index in [1.165, 1.54) is 0 Å². The van der Waals surface area contributed by atoms with Crippen LogP contribution >= 0.6 is 23.2 Å². The number of rotatable bonds is 3. The predicted molar refractivity (Wildman–Crippen MR) is 101 cm³/mol. The van der Waals surface area contributed by atoms with E-state index in [-0.39, 0.29) is 6.03 Å². The molecule has 0 atom stereocenters. The van der Waals surface area contributed by atoms with Crippen molar-refractivity contribution in [2.45, 2.75) is 0 Å². The minimum absolute atomic E-state index is 0.369. The summed E-state index contributed by atoms with van der Waals surface area (Å²) in [4.78, 5) is 12.1. The minimum atomic E-state index is -0.369. The Balaban J connectivity index is 1.66. The molecule has 24 heavy (non-hydrogen) atoms. The van der Waals surface area contributed by atoms with Gasteiger partial charge in [-0.25, -0.2) is 4.79 Å². The van der Waals surface area contributed by atoms with Crippen LogP contribution < -0.4 is 10.6 Å². The average Bonchev–Trinajstić information content (AvgIpc) is 2.59. The molecule has 0 spiro atoms. The van der Waals surface area contributed by atoms with Gasteiger partial charge in [0.05, 0.1) is 10.7 Å². The molecule has 3 aromatic carbocycles. The molecule has 5 heteroatoms. The lowest BCUT2D eigenvalue weighted by Gasteiger charge is -2.10. The molecule has 120 valence electrons. The smallest absolute Gasteiger partial charge is 0.308 e. The Morgan fingerprint density at radius 2 is 1.42 bits per heavy atom. The zero-order valence-corrected chi connectivity index (χ0v) is 14.1. The number of hydrogen-bond donors (Lipinski definition) is 2. The second-order valence-corrected chi connectivity index (χ2v) is 5.99. The summed E-state index contributed by atoms with van der Waals surface area (Å²) in [5.41, 5.74) is 3.40. The lowest BCUT2D eigenvalue weighted by Crippen LogP contribution is -2.19. The third-order valence-corrected chi connectivity index (χ3v) is 3.98. The van der Waals surface area contributed by atoms with Crippen molar-refractivity contribution < 1.29 is 4.79 Å². The largest absolute Gasteiger partial charge is 0.323 e. The molecule has 0 heterocycles. The van der Waals surface area contributed by atoms with E-state index in [0.717, 1.165) is 11.1 Å². The highest BCUT2D eigenvalue weighted by molar-refractivity contribution is 6.36. The first kappa shape index (κ1) is 16.4. The first-order chi connectivity index (χ1) is 11.6. The van der Waals surface area contributed by atoms with E-state index >= 15 is 0 Å². The van der Waals surface area contributed by atoms with Crippen molar-refractivity contribution >= 4 is 40.6 Å². The topological polar surface area (TPSA) is 41.1 Å². The molecule has 0 bridgehead atoms. The molecular formula is C19H14Cl2N2O. The number of hydrogen-bond acceptors (Lipinski definition) is 1. The van der Waals surface area contributed by atoms with Crippen LogP contribution in [0.15, 0.2) is 72.8 Å². The predicted octanol–water partition coefficient (Wildman–Crippen LogP) is 6.30. The fourth-order valence-corrected chi connectivity index (χ4v) is 2.71. The standard InChI is InChI=1S/C19H14Cl2N2O/c20-15-8-11-18(17(21)12-15)23-19(24)22-16-9-6-14(7-10-16)13-4-2-1-3-5-13/h1-12H,(H2,22,23,24). The van der Waals surface area contributed by atoms with E-state index in [4.69, 9.17) is 23.2 Å². The van der Waals surface area contributed by atoms with Crippen LogP contribution in [0.5, 0.6) is 0 Å². The fourth-order valence-electron chi connectivity index (χ4n) is 2.25. The van der Waals surface area contributed by atoms with Gasteiger partial charge in [-0.15, -0.1) is 0 Å². The van der Waals surface area contributed by atoms with Crippen LogP contribution in [0.25, 0.3) is 11.1 Å². The summed E-state index contributed by atoms with van der Waals surface area (Å²) in [6.45, 7) is 0. The van der Waals surface area contributed by atoms with Crippen LogP contribution in [0.1, 0.15) is 0 Å².